The Morgan fingerprint density at radius 2 is 1.32 bits per heavy atom. The number of benzene rings is 2. The van der Waals surface area contributed by atoms with Gasteiger partial charge in [-0.3, -0.25) is 4.98 Å². The Hall–Kier alpha value is -2.89. The molecule has 0 amide bonds. The Bertz CT molecular complexity index is 755. The van der Waals surface area contributed by atoms with Crippen LogP contribution in [0, 0.1) is 0 Å². The lowest BCUT2D eigenvalue weighted by Gasteiger charge is -2.05. The Kier molecular flexibility index (Phi) is 4.29. The average Bonchev–Trinajstić information content (AvgIpc) is 2.62. The Morgan fingerprint density at radius 3 is 1.91 bits per heavy atom. The van der Waals surface area contributed by atoms with Gasteiger partial charge in [-0.05, 0) is 35.8 Å². The van der Waals surface area contributed by atoms with Crippen LogP contribution in [0.3, 0.4) is 0 Å². The van der Waals surface area contributed by atoms with Crippen molar-refractivity contribution in [2.24, 2.45) is 0 Å². The van der Waals surface area contributed by atoms with Crippen LogP contribution in [0.2, 0.25) is 0 Å². The molecule has 0 radical (unpaired) electrons. The molecule has 1 heterocycles. The molecule has 0 atom stereocenters. The van der Waals surface area contributed by atoms with Crippen molar-refractivity contribution < 1.29 is 0 Å². The molecule has 0 spiro atoms. The predicted molar refractivity (Wildman–Crippen MR) is 92.2 cm³/mol. The molecule has 3 rings (SSSR count). The molecular formula is C21H17N. The van der Waals surface area contributed by atoms with Crippen LogP contribution in [-0.2, 0) is 0 Å². The fraction of sp³-hybridized carbons (Fsp3) is 0.0476. The molecule has 106 valence electrons. The highest BCUT2D eigenvalue weighted by molar-refractivity contribution is 5.82. The summed E-state index contributed by atoms with van der Waals surface area (Å²) < 4.78 is 0. The largest absolute Gasteiger partial charge is 0.256 e. The molecule has 1 heteroatoms. The SMILES string of the molecule is CC(=C=C(c1ccccc1)c1ccccn1)c1ccccc1. The van der Waals surface area contributed by atoms with Crippen LogP contribution < -0.4 is 0 Å². The zero-order valence-electron chi connectivity index (χ0n) is 12.5. The van der Waals surface area contributed by atoms with Crippen LogP contribution in [0.1, 0.15) is 23.7 Å². The van der Waals surface area contributed by atoms with Crippen molar-refractivity contribution in [1.82, 2.24) is 4.98 Å². The zero-order chi connectivity index (χ0) is 15.2. The monoisotopic (exact) mass is 283 g/mol. The molecule has 0 aliphatic heterocycles. The first-order chi connectivity index (χ1) is 10.8. The van der Waals surface area contributed by atoms with E-state index in [-0.39, 0.29) is 0 Å². The normalized spacial score (nSPS) is 9.86. The number of pyridine rings is 1. The van der Waals surface area contributed by atoms with Crippen molar-refractivity contribution >= 4 is 11.1 Å². The molecule has 1 nitrogen and oxygen atoms in total. The first-order valence-electron chi connectivity index (χ1n) is 7.34. The molecule has 0 aliphatic rings. The van der Waals surface area contributed by atoms with Gasteiger partial charge < -0.3 is 0 Å². The summed E-state index contributed by atoms with van der Waals surface area (Å²) in [4.78, 5) is 4.49. The summed E-state index contributed by atoms with van der Waals surface area (Å²) in [6.07, 6.45) is 1.82. The van der Waals surface area contributed by atoms with Gasteiger partial charge in [-0.2, -0.15) is 0 Å². The van der Waals surface area contributed by atoms with Crippen molar-refractivity contribution in [3.63, 3.8) is 0 Å². The third kappa shape index (κ3) is 3.22. The number of aromatic nitrogens is 1. The number of hydrogen-bond acceptors (Lipinski definition) is 1. The summed E-state index contributed by atoms with van der Waals surface area (Å²) in [5.74, 6) is 0. The molecule has 22 heavy (non-hydrogen) atoms. The van der Waals surface area contributed by atoms with E-state index in [0.29, 0.717) is 0 Å². The third-order valence-corrected chi connectivity index (χ3v) is 3.50. The van der Waals surface area contributed by atoms with E-state index in [1.165, 1.54) is 5.56 Å². The van der Waals surface area contributed by atoms with Gasteiger partial charge in [0.25, 0.3) is 0 Å². The Morgan fingerprint density at radius 1 is 0.727 bits per heavy atom. The van der Waals surface area contributed by atoms with Gasteiger partial charge in [-0.15, -0.1) is 5.73 Å². The summed E-state index contributed by atoms with van der Waals surface area (Å²) in [6, 6.07) is 26.6. The molecule has 0 saturated heterocycles. The average molecular weight is 283 g/mol. The maximum Gasteiger partial charge on any atom is 0.0785 e. The van der Waals surface area contributed by atoms with E-state index in [2.05, 4.69) is 41.9 Å². The zero-order valence-corrected chi connectivity index (χ0v) is 12.5. The summed E-state index contributed by atoms with van der Waals surface area (Å²) in [7, 11) is 0. The molecular weight excluding hydrogens is 266 g/mol. The van der Waals surface area contributed by atoms with E-state index < -0.39 is 0 Å². The molecule has 0 N–H and O–H groups in total. The number of allylic oxidation sites excluding steroid dienone is 1. The molecule has 1 aromatic heterocycles. The second-order valence-corrected chi connectivity index (χ2v) is 5.07. The van der Waals surface area contributed by atoms with Crippen LogP contribution in [0.5, 0.6) is 0 Å². The fourth-order valence-corrected chi connectivity index (χ4v) is 2.35. The summed E-state index contributed by atoms with van der Waals surface area (Å²) in [5.41, 5.74) is 8.88. The minimum Gasteiger partial charge on any atom is -0.256 e. The molecule has 3 aromatic rings. The molecule has 0 bridgehead atoms. The highest BCUT2D eigenvalue weighted by atomic mass is 14.7. The van der Waals surface area contributed by atoms with Gasteiger partial charge in [0.05, 0.1) is 5.69 Å². The van der Waals surface area contributed by atoms with E-state index in [0.717, 1.165) is 22.4 Å². The lowest BCUT2D eigenvalue weighted by molar-refractivity contribution is 1.27. The van der Waals surface area contributed by atoms with Gasteiger partial charge in [0.1, 0.15) is 0 Å². The van der Waals surface area contributed by atoms with Crippen LogP contribution >= 0.6 is 0 Å². The van der Waals surface area contributed by atoms with Crippen molar-refractivity contribution in [3.05, 3.63) is 108 Å². The minimum atomic E-state index is 0.934. The molecule has 0 fully saturated rings. The molecule has 0 saturated carbocycles. The number of rotatable bonds is 3. The fourth-order valence-electron chi connectivity index (χ4n) is 2.35. The summed E-state index contributed by atoms with van der Waals surface area (Å²) >= 11 is 0. The van der Waals surface area contributed by atoms with Gasteiger partial charge in [0.15, 0.2) is 0 Å². The van der Waals surface area contributed by atoms with Crippen LogP contribution in [0.15, 0.2) is 90.8 Å². The van der Waals surface area contributed by atoms with Crippen molar-refractivity contribution in [2.45, 2.75) is 6.92 Å². The van der Waals surface area contributed by atoms with Crippen LogP contribution in [0.25, 0.3) is 11.1 Å². The lowest BCUT2D eigenvalue weighted by atomic mass is 10.0. The van der Waals surface area contributed by atoms with Crippen molar-refractivity contribution in [1.29, 1.82) is 0 Å². The topological polar surface area (TPSA) is 12.9 Å². The molecule has 2 aromatic carbocycles. The Balaban J connectivity index is 2.20. The number of nitrogens with zero attached hydrogens (tertiary/aromatic N) is 1. The van der Waals surface area contributed by atoms with Gasteiger partial charge in [-0.25, -0.2) is 0 Å². The summed E-state index contributed by atoms with van der Waals surface area (Å²) in [6.45, 7) is 2.08. The highest BCUT2D eigenvalue weighted by Crippen LogP contribution is 2.23. The second kappa shape index (κ2) is 6.71. The summed E-state index contributed by atoms with van der Waals surface area (Å²) in [5, 5.41) is 0. The first-order valence-corrected chi connectivity index (χ1v) is 7.34. The van der Waals surface area contributed by atoms with Gasteiger partial charge >= 0.3 is 0 Å². The third-order valence-electron chi connectivity index (χ3n) is 3.50. The smallest absolute Gasteiger partial charge is 0.0785 e. The van der Waals surface area contributed by atoms with Gasteiger partial charge in [0.2, 0.25) is 0 Å². The van der Waals surface area contributed by atoms with Crippen molar-refractivity contribution in [2.75, 3.05) is 0 Å². The van der Waals surface area contributed by atoms with Gasteiger partial charge in [-0.1, -0.05) is 66.7 Å². The second-order valence-electron chi connectivity index (χ2n) is 5.07. The van der Waals surface area contributed by atoms with E-state index in [4.69, 9.17) is 0 Å². The lowest BCUT2D eigenvalue weighted by Crippen LogP contribution is -1.90. The van der Waals surface area contributed by atoms with E-state index in [1.807, 2.05) is 60.8 Å². The van der Waals surface area contributed by atoms with Crippen LogP contribution in [0.4, 0.5) is 0 Å². The highest BCUT2D eigenvalue weighted by Gasteiger charge is 2.05. The predicted octanol–water partition coefficient (Wildman–Crippen LogP) is 5.22. The standard InChI is InChI=1S/C21H17N/c1-17(18-10-4-2-5-11-18)16-20(19-12-6-3-7-13-19)21-14-8-9-15-22-21/h2-15H,1H3. The Labute approximate surface area is 131 Å². The van der Waals surface area contributed by atoms with Crippen molar-refractivity contribution in [3.8, 4) is 0 Å². The van der Waals surface area contributed by atoms with E-state index >= 15 is 0 Å². The molecule has 0 aliphatic carbocycles. The molecule has 0 unspecified atom stereocenters. The van der Waals surface area contributed by atoms with Crippen LogP contribution in [-0.4, -0.2) is 4.98 Å². The number of hydrogen-bond donors (Lipinski definition) is 0. The first kappa shape index (κ1) is 14.1. The van der Waals surface area contributed by atoms with E-state index in [9.17, 15) is 0 Å². The van der Waals surface area contributed by atoms with Gasteiger partial charge in [0, 0.05) is 11.8 Å². The van der Waals surface area contributed by atoms with E-state index in [1.54, 1.807) is 0 Å². The quantitative estimate of drug-likeness (QED) is 0.601. The maximum absolute atomic E-state index is 4.49. The minimum absolute atomic E-state index is 0.934. The maximum atomic E-state index is 4.49.